The first-order chi connectivity index (χ1) is 12.7. The molecule has 0 amide bonds. The van der Waals surface area contributed by atoms with Crippen molar-refractivity contribution in [2.24, 2.45) is 5.92 Å². The molecular formula is C21H16FNO3. The molecule has 1 aliphatic rings. The number of carbonyl (C=O) groups is 1. The molecule has 2 unspecified atom stereocenters. The Kier molecular flexibility index (Phi) is 4.35. The van der Waals surface area contributed by atoms with Crippen LogP contribution < -0.4 is 9.47 Å². The van der Waals surface area contributed by atoms with Gasteiger partial charge in [-0.1, -0.05) is 18.2 Å². The van der Waals surface area contributed by atoms with Crippen molar-refractivity contribution >= 4 is 5.97 Å². The average Bonchev–Trinajstić information content (AvgIpc) is 3.46. The molecule has 1 heterocycles. The van der Waals surface area contributed by atoms with Crippen LogP contribution in [0.5, 0.6) is 17.4 Å². The number of ether oxygens (including phenoxy) is 2. The Morgan fingerprint density at radius 3 is 2.38 bits per heavy atom. The zero-order valence-corrected chi connectivity index (χ0v) is 13.8. The Balaban J connectivity index is 1.34. The SMILES string of the molecule is O=C(Oc1ccc(Oc2ccccn2)cc1)C1CC1c1ccc(F)cc1. The van der Waals surface area contributed by atoms with Gasteiger partial charge in [0, 0.05) is 12.3 Å². The first-order valence-electron chi connectivity index (χ1n) is 8.35. The summed E-state index contributed by atoms with van der Waals surface area (Å²) in [5.41, 5.74) is 0.965. The number of hydrogen-bond acceptors (Lipinski definition) is 4. The number of pyridine rings is 1. The fraction of sp³-hybridized carbons (Fsp3) is 0.143. The second kappa shape index (κ2) is 6.96. The topological polar surface area (TPSA) is 48.4 Å². The highest BCUT2D eigenvalue weighted by molar-refractivity contribution is 5.79. The van der Waals surface area contributed by atoms with Gasteiger partial charge in [-0.05, 0) is 60.4 Å². The van der Waals surface area contributed by atoms with Crippen LogP contribution in [0, 0.1) is 11.7 Å². The molecule has 26 heavy (non-hydrogen) atoms. The van der Waals surface area contributed by atoms with Crippen LogP contribution in [0.4, 0.5) is 4.39 Å². The van der Waals surface area contributed by atoms with E-state index in [0.717, 1.165) is 12.0 Å². The summed E-state index contributed by atoms with van der Waals surface area (Å²) in [6.45, 7) is 0. The maximum Gasteiger partial charge on any atom is 0.314 e. The summed E-state index contributed by atoms with van der Waals surface area (Å²) in [5, 5.41) is 0. The number of benzene rings is 2. The second-order valence-electron chi connectivity index (χ2n) is 6.16. The lowest BCUT2D eigenvalue weighted by Gasteiger charge is -2.07. The number of hydrogen-bond donors (Lipinski definition) is 0. The smallest absolute Gasteiger partial charge is 0.314 e. The lowest BCUT2D eigenvalue weighted by molar-refractivity contribution is -0.135. The van der Waals surface area contributed by atoms with Gasteiger partial charge in [0.1, 0.15) is 17.3 Å². The standard InChI is InChI=1S/C21H16FNO3/c22-15-6-4-14(5-7-15)18-13-19(18)21(24)26-17-10-8-16(9-11-17)25-20-3-1-2-12-23-20/h1-12,18-19H,13H2. The van der Waals surface area contributed by atoms with E-state index < -0.39 is 0 Å². The largest absolute Gasteiger partial charge is 0.439 e. The van der Waals surface area contributed by atoms with Crippen molar-refractivity contribution in [3.05, 3.63) is 84.3 Å². The minimum absolute atomic E-state index is 0.106. The predicted octanol–water partition coefficient (Wildman–Crippen LogP) is 4.72. The van der Waals surface area contributed by atoms with E-state index in [1.54, 1.807) is 48.7 Å². The van der Waals surface area contributed by atoms with Gasteiger partial charge >= 0.3 is 5.97 Å². The van der Waals surface area contributed by atoms with Crippen LogP contribution in [0.25, 0.3) is 0 Å². The van der Waals surface area contributed by atoms with Gasteiger partial charge in [0.05, 0.1) is 5.92 Å². The Labute approximate surface area is 150 Å². The van der Waals surface area contributed by atoms with Crippen molar-refractivity contribution in [2.45, 2.75) is 12.3 Å². The van der Waals surface area contributed by atoms with Crippen molar-refractivity contribution in [2.75, 3.05) is 0 Å². The highest BCUT2D eigenvalue weighted by Crippen LogP contribution is 2.48. The van der Waals surface area contributed by atoms with Crippen molar-refractivity contribution in [1.29, 1.82) is 0 Å². The molecule has 0 N–H and O–H groups in total. The van der Waals surface area contributed by atoms with Crippen molar-refractivity contribution in [1.82, 2.24) is 4.98 Å². The van der Waals surface area contributed by atoms with Gasteiger partial charge in [-0.2, -0.15) is 0 Å². The predicted molar refractivity (Wildman–Crippen MR) is 93.6 cm³/mol. The van der Waals surface area contributed by atoms with E-state index in [2.05, 4.69) is 4.98 Å². The van der Waals surface area contributed by atoms with Crippen molar-refractivity contribution in [3.8, 4) is 17.4 Å². The van der Waals surface area contributed by atoms with Crippen LogP contribution >= 0.6 is 0 Å². The number of halogens is 1. The molecule has 0 aliphatic heterocycles. The number of carbonyl (C=O) groups excluding carboxylic acids is 1. The van der Waals surface area contributed by atoms with Crippen LogP contribution in [0.1, 0.15) is 17.9 Å². The lowest BCUT2D eigenvalue weighted by atomic mass is 10.1. The molecule has 3 aromatic rings. The van der Waals surface area contributed by atoms with Gasteiger partial charge in [-0.15, -0.1) is 0 Å². The summed E-state index contributed by atoms with van der Waals surface area (Å²) in [5.74, 6) is 0.962. The Morgan fingerprint density at radius 1 is 0.962 bits per heavy atom. The van der Waals surface area contributed by atoms with Gasteiger partial charge in [0.15, 0.2) is 0 Å². The molecule has 1 saturated carbocycles. The Hall–Kier alpha value is -3.21. The number of esters is 1. The third kappa shape index (κ3) is 3.72. The minimum atomic E-state index is -0.276. The molecule has 1 aromatic heterocycles. The molecule has 0 radical (unpaired) electrons. The van der Waals surface area contributed by atoms with Crippen LogP contribution in [-0.4, -0.2) is 11.0 Å². The molecule has 2 aromatic carbocycles. The van der Waals surface area contributed by atoms with E-state index >= 15 is 0 Å². The lowest BCUT2D eigenvalue weighted by Crippen LogP contribution is -2.11. The molecule has 0 bridgehead atoms. The van der Waals surface area contributed by atoms with Gasteiger partial charge in [0.25, 0.3) is 0 Å². The number of aromatic nitrogens is 1. The maximum absolute atomic E-state index is 13.0. The number of rotatable bonds is 5. The summed E-state index contributed by atoms with van der Waals surface area (Å²) in [4.78, 5) is 16.4. The molecule has 4 rings (SSSR count). The molecule has 0 spiro atoms. The van der Waals surface area contributed by atoms with E-state index in [-0.39, 0.29) is 23.6 Å². The van der Waals surface area contributed by atoms with Gasteiger partial charge in [0.2, 0.25) is 5.88 Å². The first kappa shape index (κ1) is 16.3. The molecule has 2 atom stereocenters. The second-order valence-corrected chi connectivity index (χ2v) is 6.16. The first-order valence-corrected chi connectivity index (χ1v) is 8.35. The zero-order valence-electron chi connectivity index (χ0n) is 13.8. The summed E-state index contributed by atoms with van der Waals surface area (Å²) >= 11 is 0. The zero-order chi connectivity index (χ0) is 17.9. The van der Waals surface area contributed by atoms with Crippen LogP contribution in [0.15, 0.2) is 72.9 Å². The van der Waals surface area contributed by atoms with Gasteiger partial charge < -0.3 is 9.47 Å². The third-order valence-electron chi connectivity index (χ3n) is 4.29. The van der Waals surface area contributed by atoms with E-state index in [4.69, 9.17) is 9.47 Å². The van der Waals surface area contributed by atoms with Crippen LogP contribution in [0.2, 0.25) is 0 Å². The van der Waals surface area contributed by atoms with Crippen molar-refractivity contribution < 1.29 is 18.7 Å². The quantitative estimate of drug-likeness (QED) is 0.494. The summed E-state index contributed by atoms with van der Waals surface area (Å²) in [7, 11) is 0. The number of nitrogens with zero attached hydrogens (tertiary/aromatic N) is 1. The van der Waals surface area contributed by atoms with E-state index in [1.165, 1.54) is 12.1 Å². The fourth-order valence-electron chi connectivity index (χ4n) is 2.83. The van der Waals surface area contributed by atoms with Gasteiger partial charge in [-0.3, -0.25) is 4.79 Å². The molecule has 1 fully saturated rings. The van der Waals surface area contributed by atoms with Gasteiger partial charge in [-0.25, -0.2) is 9.37 Å². The summed E-state index contributed by atoms with van der Waals surface area (Å²) in [6, 6.07) is 18.5. The highest BCUT2D eigenvalue weighted by atomic mass is 19.1. The van der Waals surface area contributed by atoms with Crippen LogP contribution in [0.3, 0.4) is 0 Å². The average molecular weight is 349 g/mol. The summed E-state index contributed by atoms with van der Waals surface area (Å²) in [6.07, 6.45) is 2.38. The normalized spacial score (nSPS) is 18.2. The molecule has 4 nitrogen and oxygen atoms in total. The molecular weight excluding hydrogens is 333 g/mol. The maximum atomic E-state index is 13.0. The van der Waals surface area contributed by atoms with E-state index in [9.17, 15) is 9.18 Å². The Morgan fingerprint density at radius 2 is 1.69 bits per heavy atom. The fourth-order valence-corrected chi connectivity index (χ4v) is 2.83. The molecule has 0 saturated heterocycles. The molecule has 130 valence electrons. The third-order valence-corrected chi connectivity index (χ3v) is 4.29. The molecule has 5 heteroatoms. The summed E-state index contributed by atoms with van der Waals surface area (Å²) < 4.78 is 24.0. The Bertz CT molecular complexity index is 895. The monoisotopic (exact) mass is 349 g/mol. The van der Waals surface area contributed by atoms with Crippen LogP contribution in [-0.2, 0) is 4.79 Å². The van der Waals surface area contributed by atoms with E-state index in [0.29, 0.717) is 17.4 Å². The molecule has 1 aliphatic carbocycles. The van der Waals surface area contributed by atoms with Crippen molar-refractivity contribution in [3.63, 3.8) is 0 Å². The highest BCUT2D eigenvalue weighted by Gasteiger charge is 2.45. The minimum Gasteiger partial charge on any atom is -0.439 e. The van der Waals surface area contributed by atoms with E-state index in [1.807, 2.05) is 12.1 Å².